The third kappa shape index (κ3) is 2.96. The Hall–Kier alpha value is -1.57. The molecule has 0 aromatic rings. The minimum atomic E-state index is -0.0407. The number of amides is 1. The Morgan fingerprint density at radius 1 is 1.62 bits per heavy atom. The third-order valence-electron chi connectivity index (χ3n) is 2.65. The van der Waals surface area contributed by atoms with E-state index in [0.29, 0.717) is 11.6 Å². The van der Waals surface area contributed by atoms with Crippen LogP contribution >= 0.6 is 0 Å². The first-order chi connectivity index (χ1) is 7.70. The number of hydrogen-bond acceptors (Lipinski definition) is 1. The summed E-state index contributed by atoms with van der Waals surface area (Å²) in [5.74, 6) is -0.0407. The lowest BCUT2D eigenvalue weighted by molar-refractivity contribution is -0.117. The quantitative estimate of drug-likeness (QED) is 0.554. The number of hydrogen-bond donors (Lipinski definition) is 1. The zero-order valence-corrected chi connectivity index (χ0v) is 9.62. The van der Waals surface area contributed by atoms with E-state index in [1.165, 1.54) is 11.1 Å². The maximum atomic E-state index is 11.5. The van der Waals surface area contributed by atoms with E-state index in [2.05, 4.69) is 31.0 Å². The van der Waals surface area contributed by atoms with Crippen molar-refractivity contribution >= 4 is 5.91 Å². The third-order valence-corrected chi connectivity index (χ3v) is 2.65. The summed E-state index contributed by atoms with van der Waals surface area (Å²) in [7, 11) is 0. The van der Waals surface area contributed by atoms with Gasteiger partial charge in [-0.2, -0.15) is 0 Å². The summed E-state index contributed by atoms with van der Waals surface area (Å²) in [5, 5.41) is 2.91. The molecule has 0 aromatic carbocycles. The second-order valence-corrected chi connectivity index (χ2v) is 4.27. The molecule has 2 aliphatic carbocycles. The maximum Gasteiger partial charge on any atom is 0.250 e. The van der Waals surface area contributed by atoms with Crippen LogP contribution in [0.4, 0.5) is 0 Å². The normalized spacial score (nSPS) is 21.1. The Morgan fingerprint density at radius 2 is 2.38 bits per heavy atom. The molecule has 2 rings (SSSR count). The summed E-state index contributed by atoms with van der Waals surface area (Å²) >= 11 is 0. The van der Waals surface area contributed by atoms with E-state index in [0.717, 1.165) is 19.3 Å². The van der Waals surface area contributed by atoms with Crippen LogP contribution in [0.15, 0.2) is 47.6 Å². The van der Waals surface area contributed by atoms with Crippen molar-refractivity contribution in [2.45, 2.75) is 32.2 Å². The van der Waals surface area contributed by atoms with E-state index in [4.69, 9.17) is 0 Å². The first-order valence-electron chi connectivity index (χ1n) is 5.80. The molecular formula is C14H17NO. The molecule has 0 bridgehead atoms. The van der Waals surface area contributed by atoms with Crippen LogP contribution in [0, 0.1) is 0 Å². The van der Waals surface area contributed by atoms with E-state index < -0.39 is 0 Å². The van der Waals surface area contributed by atoms with Gasteiger partial charge in [0.05, 0.1) is 0 Å². The van der Waals surface area contributed by atoms with Gasteiger partial charge in [-0.3, -0.25) is 4.79 Å². The molecule has 0 heterocycles. The summed E-state index contributed by atoms with van der Waals surface area (Å²) < 4.78 is 0. The molecule has 0 spiro atoms. The van der Waals surface area contributed by atoms with Crippen LogP contribution in [0.3, 0.4) is 0 Å². The van der Waals surface area contributed by atoms with E-state index >= 15 is 0 Å². The molecule has 2 heteroatoms. The maximum absolute atomic E-state index is 11.5. The Morgan fingerprint density at radius 3 is 3.00 bits per heavy atom. The van der Waals surface area contributed by atoms with Gasteiger partial charge in [0.2, 0.25) is 0 Å². The Bertz CT molecular complexity index is 408. The van der Waals surface area contributed by atoms with Gasteiger partial charge in [-0.15, -0.1) is 0 Å². The van der Waals surface area contributed by atoms with Gasteiger partial charge in [0.1, 0.15) is 0 Å². The highest BCUT2D eigenvalue weighted by molar-refractivity contribution is 5.96. The van der Waals surface area contributed by atoms with Crippen molar-refractivity contribution in [1.29, 1.82) is 0 Å². The molecular weight excluding hydrogens is 198 g/mol. The van der Waals surface area contributed by atoms with Crippen LogP contribution in [0.5, 0.6) is 0 Å². The van der Waals surface area contributed by atoms with Gasteiger partial charge in [0.15, 0.2) is 0 Å². The minimum absolute atomic E-state index is 0.0407. The van der Waals surface area contributed by atoms with Gasteiger partial charge >= 0.3 is 0 Å². The first kappa shape index (κ1) is 10.9. The van der Waals surface area contributed by atoms with Crippen LogP contribution in [-0.4, -0.2) is 11.9 Å². The largest absolute Gasteiger partial charge is 0.349 e. The highest BCUT2D eigenvalue weighted by Gasteiger charge is 2.23. The Balaban J connectivity index is 1.78. The monoisotopic (exact) mass is 215 g/mol. The minimum Gasteiger partial charge on any atom is -0.349 e. The standard InChI is InChI=1S/C14H17NO/c1-3-4-11-9-12(11)6-5-10(2)14(16)15-13-7-8-13/h4-6,9,13H,2-3,7-8H2,1H3,(H,15,16). The number of carbonyl (C=O) groups excluding carboxylic acids is 1. The molecule has 16 heavy (non-hydrogen) atoms. The van der Waals surface area contributed by atoms with Crippen molar-refractivity contribution in [2.75, 3.05) is 0 Å². The van der Waals surface area contributed by atoms with Crippen molar-refractivity contribution in [3.05, 3.63) is 47.6 Å². The van der Waals surface area contributed by atoms with E-state index in [1.807, 2.05) is 6.08 Å². The van der Waals surface area contributed by atoms with Gasteiger partial charge < -0.3 is 5.32 Å². The molecule has 0 aliphatic heterocycles. The molecule has 0 aromatic heterocycles. The summed E-state index contributed by atoms with van der Waals surface area (Å²) in [5.41, 5.74) is 3.03. The molecule has 1 fully saturated rings. The van der Waals surface area contributed by atoms with Gasteiger partial charge in [-0.25, -0.2) is 0 Å². The fourth-order valence-corrected chi connectivity index (χ4v) is 1.44. The van der Waals surface area contributed by atoms with Crippen molar-refractivity contribution in [3.63, 3.8) is 0 Å². The molecule has 2 aliphatic rings. The highest BCUT2D eigenvalue weighted by atomic mass is 16.1. The molecule has 1 amide bonds. The van der Waals surface area contributed by atoms with Crippen LogP contribution < -0.4 is 5.32 Å². The highest BCUT2D eigenvalue weighted by Crippen LogP contribution is 2.29. The summed E-state index contributed by atoms with van der Waals surface area (Å²) in [6, 6.07) is 0.397. The molecule has 84 valence electrons. The van der Waals surface area contributed by atoms with Crippen molar-refractivity contribution in [3.8, 4) is 0 Å². The van der Waals surface area contributed by atoms with Gasteiger partial charge in [-0.1, -0.05) is 25.7 Å². The van der Waals surface area contributed by atoms with E-state index in [9.17, 15) is 4.79 Å². The summed E-state index contributed by atoms with van der Waals surface area (Å²) in [6.07, 6.45) is 11.3. The van der Waals surface area contributed by atoms with Crippen LogP contribution in [0.2, 0.25) is 0 Å². The smallest absolute Gasteiger partial charge is 0.250 e. The number of nitrogens with one attached hydrogen (secondary N) is 1. The van der Waals surface area contributed by atoms with Gasteiger partial charge in [0.25, 0.3) is 5.91 Å². The lowest BCUT2D eigenvalue weighted by Gasteiger charge is -2.00. The van der Waals surface area contributed by atoms with E-state index in [-0.39, 0.29) is 5.91 Å². The van der Waals surface area contributed by atoms with Crippen LogP contribution in [0.1, 0.15) is 26.2 Å². The fourth-order valence-electron chi connectivity index (χ4n) is 1.44. The SMILES string of the molecule is C=C(C=CC1=CC1=CCC)C(=O)NC1CC1. The lowest BCUT2D eigenvalue weighted by atomic mass is 10.2. The Labute approximate surface area is 96.4 Å². The molecule has 0 atom stereocenters. The van der Waals surface area contributed by atoms with Crippen molar-refractivity contribution in [2.24, 2.45) is 0 Å². The fraction of sp³-hybridized carbons (Fsp3) is 0.357. The predicted molar refractivity (Wildman–Crippen MR) is 65.9 cm³/mol. The molecule has 0 unspecified atom stereocenters. The number of allylic oxidation sites excluding steroid dienone is 5. The molecule has 0 saturated heterocycles. The van der Waals surface area contributed by atoms with Gasteiger partial charge in [0, 0.05) is 11.6 Å². The average molecular weight is 215 g/mol. The zero-order valence-electron chi connectivity index (χ0n) is 9.62. The van der Waals surface area contributed by atoms with Crippen LogP contribution in [-0.2, 0) is 4.79 Å². The predicted octanol–water partition coefficient (Wildman–Crippen LogP) is 2.65. The second-order valence-electron chi connectivity index (χ2n) is 4.27. The number of carbonyl (C=O) groups is 1. The number of rotatable bonds is 5. The summed E-state index contributed by atoms with van der Waals surface area (Å²) in [6.45, 7) is 5.87. The molecule has 1 N–H and O–H groups in total. The van der Waals surface area contributed by atoms with E-state index in [1.54, 1.807) is 6.08 Å². The summed E-state index contributed by atoms with van der Waals surface area (Å²) in [4.78, 5) is 11.5. The molecule has 2 nitrogen and oxygen atoms in total. The Kier molecular flexibility index (Phi) is 3.09. The lowest BCUT2D eigenvalue weighted by Crippen LogP contribution is -2.25. The molecule has 1 saturated carbocycles. The zero-order chi connectivity index (χ0) is 11.5. The first-order valence-corrected chi connectivity index (χ1v) is 5.80. The van der Waals surface area contributed by atoms with Crippen molar-refractivity contribution in [1.82, 2.24) is 5.32 Å². The average Bonchev–Trinajstić information content (AvgIpc) is 3.12. The van der Waals surface area contributed by atoms with Gasteiger partial charge in [-0.05, 0) is 42.6 Å². The second kappa shape index (κ2) is 4.52. The topological polar surface area (TPSA) is 29.1 Å². The molecule has 0 radical (unpaired) electrons. The van der Waals surface area contributed by atoms with Crippen molar-refractivity contribution < 1.29 is 4.79 Å². The van der Waals surface area contributed by atoms with Crippen LogP contribution in [0.25, 0.3) is 0 Å².